The second kappa shape index (κ2) is 6.69. The summed E-state index contributed by atoms with van der Waals surface area (Å²) in [6, 6.07) is 2.42. The topological polar surface area (TPSA) is 50.5 Å². The Kier molecular flexibility index (Phi) is 5.07. The van der Waals surface area contributed by atoms with Crippen molar-refractivity contribution in [3.05, 3.63) is 28.7 Å². The van der Waals surface area contributed by atoms with Crippen molar-refractivity contribution in [3.8, 4) is 0 Å². The minimum atomic E-state index is 0.200. The van der Waals surface area contributed by atoms with Crippen LogP contribution < -0.4 is 0 Å². The lowest BCUT2D eigenvalue weighted by molar-refractivity contribution is -0.134. The molecule has 0 radical (unpaired) electrons. The van der Waals surface area contributed by atoms with Gasteiger partial charge in [0.25, 0.3) is 0 Å². The average Bonchev–Trinajstić information content (AvgIpc) is 2.78. The van der Waals surface area contributed by atoms with Crippen molar-refractivity contribution in [2.75, 3.05) is 0 Å². The molecule has 0 fully saturated rings. The number of nitrogens with zero attached hydrogens (tertiary/aromatic N) is 4. The Morgan fingerprint density at radius 1 is 1.17 bits per heavy atom. The van der Waals surface area contributed by atoms with E-state index in [1.165, 1.54) is 0 Å². The number of hydrogen-bond donors (Lipinski definition) is 0. The Morgan fingerprint density at radius 3 is 2.35 bits per heavy atom. The van der Waals surface area contributed by atoms with Crippen molar-refractivity contribution in [3.63, 3.8) is 0 Å². The number of rotatable bonds is 5. The van der Waals surface area contributed by atoms with Gasteiger partial charge in [-0.1, -0.05) is 0 Å². The largest absolute Gasteiger partial charge is 0.338 e. The van der Waals surface area contributed by atoms with E-state index in [0.29, 0.717) is 12.8 Å². The molecule has 5 heteroatoms. The maximum absolute atomic E-state index is 12.6. The number of fused-ring (bicyclic) bond motifs is 1. The molecule has 2 heterocycles. The number of aryl methyl sites for hydroxylation is 3. The molecule has 23 heavy (non-hydrogen) atoms. The summed E-state index contributed by atoms with van der Waals surface area (Å²) >= 11 is 0. The summed E-state index contributed by atoms with van der Waals surface area (Å²) in [6.07, 6.45) is 1.21. The molecule has 0 spiro atoms. The Labute approximate surface area is 138 Å². The van der Waals surface area contributed by atoms with Crippen molar-refractivity contribution < 1.29 is 4.79 Å². The average molecular weight is 316 g/mol. The molecule has 0 aliphatic rings. The van der Waals surface area contributed by atoms with Crippen LogP contribution in [0, 0.1) is 20.8 Å². The van der Waals surface area contributed by atoms with E-state index in [2.05, 4.69) is 44.7 Å². The lowest BCUT2D eigenvalue weighted by Gasteiger charge is -2.31. The van der Waals surface area contributed by atoms with Crippen molar-refractivity contribution >= 4 is 11.6 Å². The number of carbonyl (C=O) groups is 1. The summed E-state index contributed by atoms with van der Waals surface area (Å²) in [5, 5.41) is 4.49. The molecule has 0 aliphatic heterocycles. The minimum absolute atomic E-state index is 0.200. The quantitative estimate of drug-likeness (QED) is 0.851. The monoisotopic (exact) mass is 316 g/mol. The highest BCUT2D eigenvalue weighted by molar-refractivity contribution is 5.77. The van der Waals surface area contributed by atoms with Gasteiger partial charge in [0.15, 0.2) is 5.65 Å². The Hall–Kier alpha value is -1.91. The summed E-state index contributed by atoms with van der Waals surface area (Å²) in [5.74, 6) is 0.200. The van der Waals surface area contributed by atoms with E-state index in [0.717, 1.165) is 28.3 Å². The first kappa shape index (κ1) is 17.4. The highest BCUT2D eigenvalue weighted by Crippen LogP contribution is 2.18. The molecule has 0 N–H and O–H groups in total. The van der Waals surface area contributed by atoms with Gasteiger partial charge >= 0.3 is 0 Å². The number of aromatic nitrogens is 3. The van der Waals surface area contributed by atoms with Gasteiger partial charge in [0.2, 0.25) is 5.91 Å². The Balaban J connectivity index is 2.23. The van der Waals surface area contributed by atoms with E-state index in [1.807, 2.05) is 29.3 Å². The third kappa shape index (κ3) is 3.54. The van der Waals surface area contributed by atoms with Crippen LogP contribution in [0.4, 0.5) is 0 Å². The fraction of sp³-hybridized carbons (Fsp3) is 0.611. The summed E-state index contributed by atoms with van der Waals surface area (Å²) in [5.41, 5.74) is 5.02. The maximum atomic E-state index is 12.6. The normalized spacial score (nSPS) is 11.7. The molecule has 0 atom stereocenters. The van der Waals surface area contributed by atoms with Crippen molar-refractivity contribution in [1.29, 1.82) is 0 Å². The number of amides is 1. The molecule has 2 rings (SSSR count). The van der Waals surface area contributed by atoms with Gasteiger partial charge in [-0.3, -0.25) is 4.79 Å². The fourth-order valence-electron chi connectivity index (χ4n) is 3.34. The molecule has 0 unspecified atom stereocenters. The van der Waals surface area contributed by atoms with Crippen molar-refractivity contribution in [2.45, 2.75) is 73.4 Å². The van der Waals surface area contributed by atoms with Gasteiger partial charge in [0.05, 0.1) is 5.69 Å². The van der Waals surface area contributed by atoms with Crippen LogP contribution in [0.3, 0.4) is 0 Å². The van der Waals surface area contributed by atoms with Crippen LogP contribution >= 0.6 is 0 Å². The Bertz CT molecular complexity index is 707. The SMILES string of the molecule is Cc1cc2nc(C)c(CCC(=O)N(C(C)C)C(C)C)c(C)n2n1. The molecule has 0 bridgehead atoms. The number of carbonyl (C=O) groups excluding carboxylic acids is 1. The lowest BCUT2D eigenvalue weighted by atomic mass is 10.1. The van der Waals surface area contributed by atoms with Gasteiger partial charge in [-0.25, -0.2) is 9.50 Å². The van der Waals surface area contributed by atoms with E-state index in [1.54, 1.807) is 0 Å². The molecule has 5 nitrogen and oxygen atoms in total. The van der Waals surface area contributed by atoms with E-state index in [4.69, 9.17) is 0 Å². The predicted molar refractivity (Wildman–Crippen MR) is 92.6 cm³/mol. The molecule has 0 aliphatic carbocycles. The summed E-state index contributed by atoms with van der Waals surface area (Å²) in [7, 11) is 0. The zero-order valence-corrected chi connectivity index (χ0v) is 15.3. The highest BCUT2D eigenvalue weighted by Gasteiger charge is 2.21. The van der Waals surface area contributed by atoms with Crippen LogP contribution in [-0.2, 0) is 11.2 Å². The van der Waals surface area contributed by atoms with Gasteiger partial charge < -0.3 is 4.90 Å². The molecule has 0 saturated carbocycles. The minimum Gasteiger partial charge on any atom is -0.338 e. The smallest absolute Gasteiger partial charge is 0.223 e. The van der Waals surface area contributed by atoms with Crippen LogP contribution in [0.25, 0.3) is 5.65 Å². The molecule has 2 aromatic rings. The van der Waals surface area contributed by atoms with Crippen LogP contribution in [0.5, 0.6) is 0 Å². The van der Waals surface area contributed by atoms with Gasteiger partial charge in [0.1, 0.15) is 0 Å². The molecule has 0 aromatic carbocycles. The third-order valence-corrected chi connectivity index (χ3v) is 4.28. The van der Waals surface area contributed by atoms with Crippen LogP contribution in [0.1, 0.15) is 56.8 Å². The zero-order valence-electron chi connectivity index (χ0n) is 15.3. The number of hydrogen-bond acceptors (Lipinski definition) is 3. The first-order chi connectivity index (χ1) is 10.7. The van der Waals surface area contributed by atoms with Gasteiger partial charge in [-0.05, 0) is 60.5 Å². The molecular weight excluding hydrogens is 288 g/mol. The standard InChI is InChI=1S/C18H28N4O/c1-11(2)21(12(3)4)18(23)9-8-16-14(6)19-17-10-13(5)20-22(17)15(16)7/h10-12H,8-9H2,1-7H3. The lowest BCUT2D eigenvalue weighted by Crippen LogP contribution is -2.42. The highest BCUT2D eigenvalue weighted by atomic mass is 16.2. The van der Waals surface area contributed by atoms with Crippen LogP contribution in [0.15, 0.2) is 6.07 Å². The summed E-state index contributed by atoms with van der Waals surface area (Å²) in [4.78, 5) is 19.2. The molecule has 0 saturated heterocycles. The Morgan fingerprint density at radius 2 is 1.78 bits per heavy atom. The second-order valence-electron chi connectivity index (χ2n) is 6.81. The zero-order chi connectivity index (χ0) is 17.3. The first-order valence-corrected chi connectivity index (χ1v) is 8.36. The van der Waals surface area contributed by atoms with E-state index >= 15 is 0 Å². The van der Waals surface area contributed by atoms with E-state index in [-0.39, 0.29) is 18.0 Å². The van der Waals surface area contributed by atoms with Gasteiger partial charge in [-0.2, -0.15) is 5.10 Å². The third-order valence-electron chi connectivity index (χ3n) is 4.28. The molecule has 2 aromatic heterocycles. The second-order valence-corrected chi connectivity index (χ2v) is 6.81. The molecular formula is C18H28N4O. The predicted octanol–water partition coefficient (Wildman–Crippen LogP) is 3.23. The molecule has 1 amide bonds. The van der Waals surface area contributed by atoms with Crippen molar-refractivity contribution in [2.24, 2.45) is 0 Å². The fourth-order valence-corrected chi connectivity index (χ4v) is 3.34. The van der Waals surface area contributed by atoms with Gasteiger partial charge in [0, 0.05) is 36.0 Å². The molecule has 126 valence electrons. The van der Waals surface area contributed by atoms with E-state index in [9.17, 15) is 4.79 Å². The van der Waals surface area contributed by atoms with Crippen molar-refractivity contribution in [1.82, 2.24) is 19.5 Å². The summed E-state index contributed by atoms with van der Waals surface area (Å²) in [6.45, 7) is 14.3. The van der Waals surface area contributed by atoms with Gasteiger partial charge in [-0.15, -0.1) is 0 Å². The first-order valence-electron chi connectivity index (χ1n) is 8.36. The van der Waals surface area contributed by atoms with Crippen LogP contribution in [0.2, 0.25) is 0 Å². The van der Waals surface area contributed by atoms with E-state index < -0.39 is 0 Å². The van der Waals surface area contributed by atoms with Crippen LogP contribution in [-0.4, -0.2) is 37.5 Å². The maximum Gasteiger partial charge on any atom is 0.223 e. The summed E-state index contributed by atoms with van der Waals surface area (Å²) < 4.78 is 1.88.